The van der Waals surface area contributed by atoms with E-state index in [9.17, 15) is 9.65 Å². The Bertz CT molecular complexity index is 1180. The lowest BCUT2D eigenvalue weighted by atomic mass is 10.2. The second-order valence-corrected chi connectivity index (χ2v) is 6.62. The smallest absolute Gasteiger partial charge is 0.149 e. The van der Waals surface area contributed by atoms with E-state index in [0.29, 0.717) is 22.4 Å². The normalized spacial score (nSPS) is 11.7. The van der Waals surface area contributed by atoms with Crippen molar-refractivity contribution < 1.29 is 4.39 Å². The fourth-order valence-electron chi connectivity index (χ4n) is 2.78. The van der Waals surface area contributed by atoms with Crippen molar-refractivity contribution >= 4 is 38.6 Å². The molecule has 0 saturated heterocycles. The summed E-state index contributed by atoms with van der Waals surface area (Å²) < 4.78 is 16.3. The zero-order valence-electron chi connectivity index (χ0n) is 13.4. The largest absolute Gasteiger partial charge is 0.337 e. The Kier molecular flexibility index (Phi) is 4.15. The van der Waals surface area contributed by atoms with Crippen molar-refractivity contribution in [1.29, 1.82) is 5.26 Å². The van der Waals surface area contributed by atoms with Gasteiger partial charge in [0.2, 0.25) is 0 Å². The number of halogens is 2. The monoisotopic (exact) mass is 406 g/mol. The molecule has 0 aliphatic heterocycles. The quantitative estimate of drug-likeness (QED) is 0.468. The Morgan fingerprint density at radius 1 is 1.19 bits per heavy atom. The molecule has 0 fully saturated rings. The van der Waals surface area contributed by atoms with Gasteiger partial charge in [0.15, 0.2) is 0 Å². The number of hydrogen-bond donors (Lipinski definition) is 1. The number of hydrogen-bond acceptors (Lipinski definition) is 2. The van der Waals surface area contributed by atoms with Gasteiger partial charge in [-0.05, 0) is 54.6 Å². The van der Waals surface area contributed by atoms with Crippen molar-refractivity contribution in [2.75, 3.05) is 0 Å². The molecule has 0 amide bonds. The summed E-state index contributed by atoms with van der Waals surface area (Å²) in [6, 6.07) is 18.2. The molecule has 0 spiro atoms. The van der Waals surface area contributed by atoms with Crippen LogP contribution in [0.15, 0.2) is 65.3 Å². The first-order valence-corrected chi connectivity index (χ1v) is 8.64. The third-order valence-corrected chi connectivity index (χ3v) is 4.47. The number of nitrogens with one attached hydrogen (secondary N) is 1. The number of aromatic nitrogens is 3. The van der Waals surface area contributed by atoms with Crippen molar-refractivity contribution in [1.82, 2.24) is 14.5 Å². The molecule has 0 atom stereocenters. The highest BCUT2D eigenvalue weighted by Gasteiger charge is 2.10. The standard InChI is InChI=1S/C20H12BrFN4/c21-14-3-1-4-17(10-14)26-8-2-5-16(26)9-13(12-23)20-24-18-7-6-15(22)11-19(18)25-20/h1-11H,(H,24,25)/b13-9-. The zero-order valence-corrected chi connectivity index (χ0v) is 15.0. The molecule has 0 aliphatic rings. The van der Waals surface area contributed by atoms with E-state index in [1.54, 1.807) is 12.1 Å². The number of imidazole rings is 1. The van der Waals surface area contributed by atoms with Crippen molar-refractivity contribution in [2.24, 2.45) is 0 Å². The third kappa shape index (κ3) is 3.05. The Morgan fingerprint density at radius 3 is 2.88 bits per heavy atom. The molecule has 4 aromatic rings. The van der Waals surface area contributed by atoms with Gasteiger partial charge in [0.25, 0.3) is 0 Å². The van der Waals surface area contributed by atoms with Gasteiger partial charge in [-0.25, -0.2) is 9.37 Å². The predicted octanol–water partition coefficient (Wildman–Crippen LogP) is 5.32. The zero-order chi connectivity index (χ0) is 18.1. The number of allylic oxidation sites excluding steroid dienone is 1. The molecular formula is C20H12BrFN4. The Hall–Kier alpha value is -3.17. The number of nitriles is 1. The topological polar surface area (TPSA) is 57.4 Å². The van der Waals surface area contributed by atoms with Crippen molar-refractivity contribution in [3.8, 4) is 11.8 Å². The van der Waals surface area contributed by atoms with Crippen molar-refractivity contribution in [3.63, 3.8) is 0 Å². The molecule has 2 aromatic carbocycles. The number of benzene rings is 2. The summed E-state index contributed by atoms with van der Waals surface area (Å²) in [5.41, 5.74) is 3.36. The van der Waals surface area contributed by atoms with Gasteiger partial charge in [0, 0.05) is 22.1 Å². The number of aromatic amines is 1. The number of fused-ring (bicyclic) bond motifs is 1. The second-order valence-electron chi connectivity index (χ2n) is 5.70. The number of H-pyrrole nitrogens is 1. The fourth-order valence-corrected chi connectivity index (χ4v) is 3.17. The summed E-state index contributed by atoms with van der Waals surface area (Å²) >= 11 is 3.47. The molecule has 26 heavy (non-hydrogen) atoms. The van der Waals surface area contributed by atoms with Crippen molar-refractivity contribution in [3.05, 3.63) is 82.6 Å². The van der Waals surface area contributed by atoms with E-state index in [0.717, 1.165) is 15.9 Å². The minimum Gasteiger partial charge on any atom is -0.337 e. The van der Waals surface area contributed by atoms with Crippen LogP contribution in [0.3, 0.4) is 0 Å². The maximum Gasteiger partial charge on any atom is 0.149 e. The van der Waals surface area contributed by atoms with E-state index in [2.05, 4.69) is 32.0 Å². The summed E-state index contributed by atoms with van der Waals surface area (Å²) in [6.45, 7) is 0. The van der Waals surface area contributed by atoms with E-state index in [1.165, 1.54) is 12.1 Å². The van der Waals surface area contributed by atoms with Crippen molar-refractivity contribution in [2.45, 2.75) is 0 Å². The number of rotatable bonds is 3. The molecule has 2 aromatic heterocycles. The molecule has 4 nitrogen and oxygen atoms in total. The first kappa shape index (κ1) is 16.3. The maximum atomic E-state index is 13.4. The van der Waals surface area contributed by atoms with Gasteiger partial charge < -0.3 is 9.55 Å². The Labute approximate surface area is 157 Å². The summed E-state index contributed by atoms with van der Waals surface area (Å²) in [7, 11) is 0. The van der Waals surface area contributed by atoms with E-state index < -0.39 is 0 Å². The molecule has 4 rings (SSSR count). The summed E-state index contributed by atoms with van der Waals surface area (Å²) in [5, 5.41) is 9.59. The van der Waals surface area contributed by atoms with E-state index in [1.807, 2.05) is 47.2 Å². The molecule has 2 heterocycles. The maximum absolute atomic E-state index is 13.4. The lowest BCUT2D eigenvalue weighted by Crippen LogP contribution is -1.95. The molecule has 0 radical (unpaired) electrons. The van der Waals surface area contributed by atoms with Crippen LogP contribution in [-0.4, -0.2) is 14.5 Å². The Morgan fingerprint density at radius 2 is 2.08 bits per heavy atom. The molecule has 0 aliphatic carbocycles. The van der Waals surface area contributed by atoms with Crippen LogP contribution in [0.5, 0.6) is 0 Å². The highest BCUT2D eigenvalue weighted by atomic mass is 79.9. The van der Waals surface area contributed by atoms with Crippen LogP contribution in [0.25, 0.3) is 28.4 Å². The lowest BCUT2D eigenvalue weighted by Gasteiger charge is -2.07. The molecule has 0 bridgehead atoms. The van der Waals surface area contributed by atoms with Gasteiger partial charge in [-0.3, -0.25) is 0 Å². The van der Waals surface area contributed by atoms with Gasteiger partial charge in [-0.1, -0.05) is 22.0 Å². The highest BCUT2D eigenvalue weighted by Crippen LogP contribution is 2.23. The van der Waals surface area contributed by atoms with Gasteiger partial charge in [-0.2, -0.15) is 5.26 Å². The highest BCUT2D eigenvalue weighted by molar-refractivity contribution is 9.10. The van der Waals surface area contributed by atoms with Crippen LogP contribution in [0.2, 0.25) is 0 Å². The van der Waals surface area contributed by atoms with Gasteiger partial charge >= 0.3 is 0 Å². The minimum atomic E-state index is -0.348. The number of nitrogens with zero attached hydrogens (tertiary/aromatic N) is 3. The molecular weight excluding hydrogens is 395 g/mol. The molecule has 0 saturated carbocycles. The van der Waals surface area contributed by atoms with Crippen LogP contribution in [0, 0.1) is 17.1 Å². The fraction of sp³-hybridized carbons (Fsp3) is 0. The van der Waals surface area contributed by atoms with Gasteiger partial charge in [0.1, 0.15) is 17.7 Å². The summed E-state index contributed by atoms with van der Waals surface area (Å²) in [5.74, 6) is 0.0637. The van der Waals surface area contributed by atoms with Crippen LogP contribution >= 0.6 is 15.9 Å². The van der Waals surface area contributed by atoms with E-state index >= 15 is 0 Å². The summed E-state index contributed by atoms with van der Waals surface area (Å²) in [4.78, 5) is 7.40. The third-order valence-electron chi connectivity index (χ3n) is 3.98. The molecule has 1 N–H and O–H groups in total. The average Bonchev–Trinajstić information content (AvgIpc) is 3.25. The SMILES string of the molecule is N#C/C(=C/c1cccn1-c1cccc(Br)c1)c1nc2ccc(F)cc2[nH]1. The molecule has 126 valence electrons. The molecule has 0 unspecified atom stereocenters. The van der Waals surface area contributed by atoms with Crippen LogP contribution in [0.1, 0.15) is 11.5 Å². The average molecular weight is 407 g/mol. The van der Waals surface area contributed by atoms with Crippen LogP contribution in [0.4, 0.5) is 4.39 Å². The molecule has 6 heteroatoms. The van der Waals surface area contributed by atoms with E-state index in [-0.39, 0.29) is 5.82 Å². The van der Waals surface area contributed by atoms with Gasteiger partial charge in [-0.15, -0.1) is 0 Å². The first-order valence-electron chi connectivity index (χ1n) is 7.85. The minimum absolute atomic E-state index is 0.348. The predicted molar refractivity (Wildman–Crippen MR) is 103 cm³/mol. The van der Waals surface area contributed by atoms with Crippen LogP contribution < -0.4 is 0 Å². The second kappa shape index (κ2) is 6.62. The first-order chi connectivity index (χ1) is 12.6. The lowest BCUT2D eigenvalue weighted by molar-refractivity contribution is 0.629. The van der Waals surface area contributed by atoms with Crippen LogP contribution in [-0.2, 0) is 0 Å². The Balaban J connectivity index is 1.79. The summed E-state index contributed by atoms with van der Waals surface area (Å²) in [6.07, 6.45) is 3.69. The van der Waals surface area contributed by atoms with Gasteiger partial charge in [0.05, 0.1) is 16.6 Å². The van der Waals surface area contributed by atoms with E-state index in [4.69, 9.17) is 0 Å².